The van der Waals surface area contributed by atoms with Crippen molar-refractivity contribution in [2.45, 2.75) is 18.6 Å². The van der Waals surface area contributed by atoms with Crippen molar-refractivity contribution in [1.29, 1.82) is 0 Å². The van der Waals surface area contributed by atoms with Crippen molar-refractivity contribution in [3.8, 4) is 0 Å². The third kappa shape index (κ3) is 4.18. The van der Waals surface area contributed by atoms with Crippen molar-refractivity contribution in [2.24, 2.45) is 5.73 Å². The van der Waals surface area contributed by atoms with Gasteiger partial charge in [-0.1, -0.05) is 41.9 Å². The van der Waals surface area contributed by atoms with E-state index in [0.717, 1.165) is 5.56 Å². The van der Waals surface area contributed by atoms with Gasteiger partial charge in [0.2, 0.25) is 0 Å². The molecule has 2 atom stereocenters. The van der Waals surface area contributed by atoms with E-state index in [0.29, 0.717) is 17.0 Å². The number of hydrogen-bond donors (Lipinski definition) is 2. The molecular formula is C15H16Cl2FNO. The minimum Gasteiger partial charge on any atom is -0.391 e. The molecule has 0 saturated carbocycles. The van der Waals surface area contributed by atoms with Crippen LogP contribution >= 0.6 is 24.0 Å². The summed E-state index contributed by atoms with van der Waals surface area (Å²) < 4.78 is 13.2. The average Bonchev–Trinajstić information content (AvgIpc) is 2.42. The molecule has 2 aromatic rings. The van der Waals surface area contributed by atoms with Crippen LogP contribution < -0.4 is 5.73 Å². The lowest BCUT2D eigenvalue weighted by Gasteiger charge is -2.20. The molecule has 0 aromatic heterocycles. The SMILES string of the molecule is Cl.N[C@H](c1cc(F)ccc1Cl)[C@@H](O)Cc1ccccc1. The molecule has 0 aliphatic heterocycles. The van der Waals surface area contributed by atoms with E-state index in [2.05, 4.69) is 0 Å². The minimum absolute atomic E-state index is 0. The maximum Gasteiger partial charge on any atom is 0.123 e. The van der Waals surface area contributed by atoms with Gasteiger partial charge in [0.05, 0.1) is 12.1 Å². The van der Waals surface area contributed by atoms with Gasteiger partial charge in [-0.15, -0.1) is 12.4 Å². The van der Waals surface area contributed by atoms with Crippen LogP contribution in [0.25, 0.3) is 0 Å². The predicted molar refractivity (Wildman–Crippen MR) is 81.7 cm³/mol. The smallest absolute Gasteiger partial charge is 0.123 e. The Labute approximate surface area is 128 Å². The third-order valence-electron chi connectivity index (χ3n) is 3.02. The van der Waals surface area contributed by atoms with Gasteiger partial charge >= 0.3 is 0 Å². The number of halogens is 3. The highest BCUT2D eigenvalue weighted by Crippen LogP contribution is 2.25. The standard InChI is InChI=1S/C15H15ClFNO.ClH/c16-13-7-6-11(17)9-12(13)15(18)14(19)8-10-4-2-1-3-5-10;/h1-7,9,14-15,19H,8,18H2;1H/t14-,15+;/m0./s1. The maximum atomic E-state index is 13.2. The molecule has 20 heavy (non-hydrogen) atoms. The largest absolute Gasteiger partial charge is 0.391 e. The van der Waals surface area contributed by atoms with Crippen LogP contribution in [0.15, 0.2) is 48.5 Å². The van der Waals surface area contributed by atoms with E-state index in [1.807, 2.05) is 30.3 Å². The maximum absolute atomic E-state index is 13.2. The molecule has 0 aliphatic carbocycles. The Hall–Kier alpha value is -1.13. The third-order valence-corrected chi connectivity index (χ3v) is 3.36. The molecule has 2 nitrogen and oxygen atoms in total. The van der Waals surface area contributed by atoms with Crippen molar-refractivity contribution in [1.82, 2.24) is 0 Å². The van der Waals surface area contributed by atoms with Crippen molar-refractivity contribution >= 4 is 24.0 Å². The summed E-state index contributed by atoms with van der Waals surface area (Å²) in [5.41, 5.74) is 7.35. The van der Waals surface area contributed by atoms with Gasteiger partial charge in [-0.05, 0) is 29.3 Å². The van der Waals surface area contributed by atoms with E-state index in [9.17, 15) is 9.50 Å². The first-order chi connectivity index (χ1) is 9.08. The van der Waals surface area contributed by atoms with E-state index >= 15 is 0 Å². The molecule has 0 radical (unpaired) electrons. The summed E-state index contributed by atoms with van der Waals surface area (Å²) in [6.45, 7) is 0. The quantitative estimate of drug-likeness (QED) is 0.907. The fourth-order valence-electron chi connectivity index (χ4n) is 1.96. The molecule has 2 rings (SSSR count). The number of benzene rings is 2. The highest BCUT2D eigenvalue weighted by atomic mass is 35.5. The van der Waals surface area contributed by atoms with E-state index in [1.165, 1.54) is 18.2 Å². The first kappa shape index (κ1) is 16.9. The lowest BCUT2D eigenvalue weighted by Crippen LogP contribution is -2.28. The first-order valence-electron chi connectivity index (χ1n) is 6.00. The number of hydrogen-bond acceptors (Lipinski definition) is 2. The predicted octanol–water partition coefficient (Wildman–Crippen LogP) is 3.50. The summed E-state index contributed by atoms with van der Waals surface area (Å²) in [4.78, 5) is 0. The van der Waals surface area contributed by atoms with Crippen LogP contribution in [0.2, 0.25) is 5.02 Å². The van der Waals surface area contributed by atoms with Gasteiger partial charge in [0.25, 0.3) is 0 Å². The summed E-state index contributed by atoms with van der Waals surface area (Å²) in [5, 5.41) is 10.5. The van der Waals surface area contributed by atoms with Crippen molar-refractivity contribution in [3.05, 3.63) is 70.5 Å². The summed E-state index contributed by atoms with van der Waals surface area (Å²) in [5.74, 6) is -0.415. The zero-order valence-electron chi connectivity index (χ0n) is 10.7. The molecule has 3 N–H and O–H groups in total. The summed E-state index contributed by atoms with van der Waals surface area (Å²) >= 11 is 5.98. The molecule has 2 aromatic carbocycles. The molecule has 0 amide bonds. The van der Waals surface area contributed by atoms with Crippen LogP contribution in [-0.4, -0.2) is 11.2 Å². The van der Waals surface area contributed by atoms with Gasteiger partial charge in [-0.2, -0.15) is 0 Å². The number of aliphatic hydroxyl groups is 1. The average molecular weight is 316 g/mol. The van der Waals surface area contributed by atoms with Crippen molar-refractivity contribution in [2.75, 3.05) is 0 Å². The lowest BCUT2D eigenvalue weighted by atomic mass is 9.97. The van der Waals surface area contributed by atoms with Crippen LogP contribution in [0.5, 0.6) is 0 Å². The second-order valence-corrected chi connectivity index (χ2v) is 4.86. The first-order valence-corrected chi connectivity index (χ1v) is 6.38. The summed E-state index contributed by atoms with van der Waals surface area (Å²) in [6.07, 6.45) is -0.420. The van der Waals surface area contributed by atoms with Gasteiger partial charge in [0.15, 0.2) is 0 Å². The minimum atomic E-state index is -0.818. The van der Waals surface area contributed by atoms with Gasteiger partial charge < -0.3 is 10.8 Å². The molecule has 0 saturated heterocycles. The summed E-state index contributed by atoms with van der Waals surface area (Å²) in [6, 6.07) is 12.8. The van der Waals surface area contributed by atoms with Crippen LogP contribution in [0.3, 0.4) is 0 Å². The second-order valence-electron chi connectivity index (χ2n) is 4.45. The fourth-order valence-corrected chi connectivity index (χ4v) is 2.20. The molecule has 0 fully saturated rings. The molecule has 0 heterocycles. The molecule has 0 bridgehead atoms. The molecular weight excluding hydrogens is 300 g/mol. The molecule has 0 aliphatic rings. The molecule has 0 spiro atoms. The van der Waals surface area contributed by atoms with E-state index in [4.69, 9.17) is 17.3 Å². The Morgan fingerprint density at radius 2 is 1.80 bits per heavy atom. The Kier molecular flexibility index (Phi) is 6.43. The normalized spacial score (nSPS) is 13.4. The van der Waals surface area contributed by atoms with E-state index in [-0.39, 0.29) is 12.4 Å². The Morgan fingerprint density at radius 3 is 2.45 bits per heavy atom. The molecule has 0 unspecified atom stereocenters. The Bertz CT molecular complexity index is 551. The van der Waals surface area contributed by atoms with Gasteiger partial charge in [-0.25, -0.2) is 4.39 Å². The number of rotatable bonds is 4. The van der Waals surface area contributed by atoms with E-state index in [1.54, 1.807) is 0 Å². The highest BCUT2D eigenvalue weighted by molar-refractivity contribution is 6.31. The molecule has 108 valence electrons. The topological polar surface area (TPSA) is 46.2 Å². The van der Waals surface area contributed by atoms with Crippen molar-refractivity contribution in [3.63, 3.8) is 0 Å². The van der Waals surface area contributed by atoms with Gasteiger partial charge in [-0.3, -0.25) is 0 Å². The number of aliphatic hydroxyl groups excluding tert-OH is 1. The zero-order chi connectivity index (χ0) is 13.8. The van der Waals surface area contributed by atoms with Gasteiger partial charge in [0.1, 0.15) is 5.82 Å². The number of nitrogens with two attached hydrogens (primary N) is 1. The van der Waals surface area contributed by atoms with Crippen LogP contribution in [0.1, 0.15) is 17.2 Å². The van der Waals surface area contributed by atoms with Crippen LogP contribution in [0.4, 0.5) is 4.39 Å². The Balaban J connectivity index is 0.00000200. The van der Waals surface area contributed by atoms with Crippen molar-refractivity contribution < 1.29 is 9.50 Å². The fraction of sp³-hybridized carbons (Fsp3) is 0.200. The monoisotopic (exact) mass is 315 g/mol. The molecule has 5 heteroatoms. The van der Waals surface area contributed by atoms with Gasteiger partial charge in [0, 0.05) is 11.4 Å². The highest BCUT2D eigenvalue weighted by Gasteiger charge is 2.20. The van der Waals surface area contributed by atoms with E-state index < -0.39 is 18.0 Å². The lowest BCUT2D eigenvalue weighted by molar-refractivity contribution is 0.145. The van der Waals surface area contributed by atoms with Crippen LogP contribution in [-0.2, 0) is 6.42 Å². The van der Waals surface area contributed by atoms with Crippen LogP contribution in [0, 0.1) is 5.82 Å². The zero-order valence-corrected chi connectivity index (χ0v) is 12.2. The second kappa shape index (κ2) is 7.60. The summed E-state index contributed by atoms with van der Waals surface area (Å²) in [7, 11) is 0. The Morgan fingerprint density at radius 1 is 1.15 bits per heavy atom.